The second-order valence-electron chi connectivity index (χ2n) is 5.80. The van der Waals surface area contributed by atoms with Gasteiger partial charge in [-0.3, -0.25) is 0 Å². The maximum absolute atomic E-state index is 5.40. The molecule has 24 heavy (non-hydrogen) atoms. The van der Waals surface area contributed by atoms with E-state index < -0.39 is 0 Å². The Labute approximate surface area is 144 Å². The van der Waals surface area contributed by atoms with Crippen LogP contribution in [0.15, 0.2) is 46.3 Å². The number of hydrogen-bond acceptors (Lipinski definition) is 6. The molecular formula is C18H19N3O2S. The summed E-state index contributed by atoms with van der Waals surface area (Å²) in [7, 11) is 0. The minimum Gasteiger partial charge on any atom is -0.378 e. The van der Waals surface area contributed by atoms with E-state index in [0.717, 1.165) is 38.5 Å². The van der Waals surface area contributed by atoms with Crippen molar-refractivity contribution in [3.8, 4) is 0 Å². The van der Waals surface area contributed by atoms with Crippen molar-refractivity contribution >= 4 is 17.0 Å². The van der Waals surface area contributed by atoms with Gasteiger partial charge in [0, 0.05) is 30.1 Å². The van der Waals surface area contributed by atoms with Crippen molar-refractivity contribution in [3.05, 3.63) is 63.9 Å². The molecule has 2 aromatic heterocycles. The molecule has 0 unspecified atom stereocenters. The van der Waals surface area contributed by atoms with Gasteiger partial charge < -0.3 is 14.2 Å². The smallest absolute Gasteiger partial charge is 0.231 e. The standard InChI is InChI=1S/C18H19N3O2S/c1-2-16(24-11-1)13-17-19-18(23-20-17)12-14-3-5-15(6-4-14)21-7-9-22-10-8-21/h1-6,11H,7-10,12-13H2. The molecule has 1 fully saturated rings. The molecule has 3 heterocycles. The fourth-order valence-electron chi connectivity index (χ4n) is 2.82. The Kier molecular flexibility index (Phi) is 4.57. The van der Waals surface area contributed by atoms with E-state index in [4.69, 9.17) is 9.26 Å². The highest BCUT2D eigenvalue weighted by Crippen LogP contribution is 2.19. The van der Waals surface area contributed by atoms with E-state index >= 15 is 0 Å². The topological polar surface area (TPSA) is 51.4 Å². The van der Waals surface area contributed by atoms with Crippen molar-refractivity contribution < 1.29 is 9.26 Å². The third-order valence-corrected chi connectivity index (χ3v) is 4.97. The fraction of sp³-hybridized carbons (Fsp3) is 0.333. The molecule has 0 amide bonds. The normalized spacial score (nSPS) is 14.9. The second-order valence-corrected chi connectivity index (χ2v) is 6.84. The Balaban J connectivity index is 1.39. The molecule has 4 rings (SSSR count). The quantitative estimate of drug-likeness (QED) is 0.713. The number of ether oxygens (including phenoxy) is 1. The lowest BCUT2D eigenvalue weighted by Crippen LogP contribution is -2.36. The minimum atomic E-state index is 0.667. The third-order valence-electron chi connectivity index (χ3n) is 4.09. The molecule has 0 radical (unpaired) electrons. The molecule has 0 bridgehead atoms. The number of anilines is 1. The Bertz CT molecular complexity index is 762. The van der Waals surface area contributed by atoms with E-state index in [1.165, 1.54) is 16.1 Å². The SMILES string of the molecule is c1csc(Cc2noc(Cc3ccc(N4CCOCC4)cc3)n2)c1. The summed E-state index contributed by atoms with van der Waals surface area (Å²) in [5.41, 5.74) is 2.42. The first-order chi connectivity index (χ1) is 11.9. The first kappa shape index (κ1) is 15.4. The largest absolute Gasteiger partial charge is 0.378 e. The van der Waals surface area contributed by atoms with E-state index in [0.29, 0.717) is 12.3 Å². The molecule has 1 saturated heterocycles. The van der Waals surface area contributed by atoms with Crippen LogP contribution in [0.4, 0.5) is 5.69 Å². The monoisotopic (exact) mass is 341 g/mol. The second kappa shape index (κ2) is 7.15. The lowest BCUT2D eigenvalue weighted by atomic mass is 10.1. The number of thiophene rings is 1. The van der Waals surface area contributed by atoms with Gasteiger partial charge in [0.15, 0.2) is 5.82 Å². The number of morpholine rings is 1. The molecule has 1 aromatic carbocycles. The molecule has 0 N–H and O–H groups in total. The zero-order chi connectivity index (χ0) is 16.2. The first-order valence-electron chi connectivity index (χ1n) is 8.12. The highest BCUT2D eigenvalue weighted by atomic mass is 32.1. The molecule has 1 aliphatic rings. The van der Waals surface area contributed by atoms with Gasteiger partial charge in [0.25, 0.3) is 0 Å². The molecule has 0 spiro atoms. The molecule has 1 aliphatic heterocycles. The first-order valence-corrected chi connectivity index (χ1v) is 9.00. The van der Waals surface area contributed by atoms with Gasteiger partial charge in [0.1, 0.15) is 0 Å². The van der Waals surface area contributed by atoms with E-state index in [2.05, 4.69) is 50.8 Å². The Morgan fingerprint density at radius 2 is 1.88 bits per heavy atom. The van der Waals surface area contributed by atoms with Crippen LogP contribution >= 0.6 is 11.3 Å². The Morgan fingerprint density at radius 3 is 2.62 bits per heavy atom. The van der Waals surface area contributed by atoms with Crippen molar-refractivity contribution in [3.63, 3.8) is 0 Å². The van der Waals surface area contributed by atoms with Gasteiger partial charge in [-0.15, -0.1) is 11.3 Å². The van der Waals surface area contributed by atoms with Crippen LogP contribution in [-0.2, 0) is 17.6 Å². The Hall–Kier alpha value is -2.18. The predicted molar refractivity (Wildman–Crippen MR) is 93.7 cm³/mol. The van der Waals surface area contributed by atoms with Gasteiger partial charge in [-0.25, -0.2) is 0 Å². The summed E-state index contributed by atoms with van der Waals surface area (Å²) in [4.78, 5) is 8.09. The molecule has 0 saturated carbocycles. The zero-order valence-electron chi connectivity index (χ0n) is 13.4. The average Bonchev–Trinajstić information content (AvgIpc) is 3.29. The van der Waals surface area contributed by atoms with Gasteiger partial charge >= 0.3 is 0 Å². The summed E-state index contributed by atoms with van der Waals surface area (Å²) in [5, 5.41) is 6.14. The van der Waals surface area contributed by atoms with Crippen molar-refractivity contribution in [1.29, 1.82) is 0 Å². The molecule has 124 valence electrons. The van der Waals surface area contributed by atoms with Crippen LogP contribution in [0.2, 0.25) is 0 Å². The molecular weight excluding hydrogens is 322 g/mol. The van der Waals surface area contributed by atoms with Crippen LogP contribution in [0.5, 0.6) is 0 Å². The molecule has 3 aromatic rings. The maximum Gasteiger partial charge on any atom is 0.231 e. The van der Waals surface area contributed by atoms with E-state index in [-0.39, 0.29) is 0 Å². The summed E-state index contributed by atoms with van der Waals surface area (Å²) in [6.45, 7) is 3.51. The molecule has 5 nitrogen and oxygen atoms in total. The maximum atomic E-state index is 5.40. The van der Waals surface area contributed by atoms with Crippen LogP contribution in [0.25, 0.3) is 0 Å². The van der Waals surface area contributed by atoms with E-state index in [1.807, 2.05) is 6.07 Å². The third kappa shape index (κ3) is 3.66. The molecule has 0 aliphatic carbocycles. The van der Waals surface area contributed by atoms with Gasteiger partial charge in [0.05, 0.1) is 19.6 Å². The number of rotatable bonds is 5. The highest BCUT2D eigenvalue weighted by Gasteiger charge is 2.12. The summed E-state index contributed by atoms with van der Waals surface area (Å²) >= 11 is 1.71. The predicted octanol–water partition coefficient (Wildman–Crippen LogP) is 3.15. The van der Waals surface area contributed by atoms with Crippen LogP contribution < -0.4 is 4.90 Å². The summed E-state index contributed by atoms with van der Waals surface area (Å²) < 4.78 is 10.8. The fourth-order valence-corrected chi connectivity index (χ4v) is 3.53. The zero-order valence-corrected chi connectivity index (χ0v) is 14.2. The van der Waals surface area contributed by atoms with Crippen LogP contribution in [-0.4, -0.2) is 36.4 Å². The number of aromatic nitrogens is 2. The lowest BCUT2D eigenvalue weighted by molar-refractivity contribution is 0.122. The van der Waals surface area contributed by atoms with Gasteiger partial charge in [0.2, 0.25) is 5.89 Å². The number of benzene rings is 1. The van der Waals surface area contributed by atoms with Gasteiger partial charge in [-0.1, -0.05) is 23.4 Å². The molecule has 6 heteroatoms. The summed E-state index contributed by atoms with van der Waals surface area (Å²) in [6, 6.07) is 12.7. The van der Waals surface area contributed by atoms with Gasteiger partial charge in [-0.2, -0.15) is 4.98 Å². The summed E-state index contributed by atoms with van der Waals surface area (Å²) in [6.07, 6.45) is 1.40. The van der Waals surface area contributed by atoms with Crippen molar-refractivity contribution in [2.45, 2.75) is 12.8 Å². The average molecular weight is 341 g/mol. The van der Waals surface area contributed by atoms with Gasteiger partial charge in [-0.05, 0) is 29.1 Å². The summed E-state index contributed by atoms with van der Waals surface area (Å²) in [5.74, 6) is 1.41. The highest BCUT2D eigenvalue weighted by molar-refractivity contribution is 7.09. The van der Waals surface area contributed by atoms with Crippen LogP contribution in [0.1, 0.15) is 22.2 Å². The van der Waals surface area contributed by atoms with E-state index in [1.54, 1.807) is 11.3 Å². The van der Waals surface area contributed by atoms with E-state index in [9.17, 15) is 0 Å². The number of nitrogens with zero attached hydrogens (tertiary/aromatic N) is 3. The lowest BCUT2D eigenvalue weighted by Gasteiger charge is -2.28. The van der Waals surface area contributed by atoms with Crippen LogP contribution in [0, 0.1) is 0 Å². The Morgan fingerprint density at radius 1 is 1.04 bits per heavy atom. The van der Waals surface area contributed by atoms with Crippen LogP contribution in [0.3, 0.4) is 0 Å². The van der Waals surface area contributed by atoms with Crippen molar-refractivity contribution in [1.82, 2.24) is 10.1 Å². The van der Waals surface area contributed by atoms with Crippen molar-refractivity contribution in [2.24, 2.45) is 0 Å². The minimum absolute atomic E-state index is 0.667. The molecule has 0 atom stereocenters. The number of hydrogen-bond donors (Lipinski definition) is 0. The van der Waals surface area contributed by atoms with Crippen molar-refractivity contribution in [2.75, 3.05) is 31.2 Å².